The number of sulfone groups is 1. The minimum atomic E-state index is -3.91. The Morgan fingerprint density at radius 2 is 1.79 bits per heavy atom. The van der Waals surface area contributed by atoms with Crippen molar-refractivity contribution in [3.05, 3.63) is 71.6 Å². The lowest BCUT2D eigenvalue weighted by atomic mass is 10.1. The van der Waals surface area contributed by atoms with Crippen LogP contribution < -0.4 is 5.12 Å². The van der Waals surface area contributed by atoms with Gasteiger partial charge >= 0.3 is 0 Å². The third-order valence-electron chi connectivity index (χ3n) is 4.00. The molecule has 0 radical (unpaired) electrons. The van der Waals surface area contributed by atoms with Crippen LogP contribution in [0.25, 0.3) is 6.08 Å². The number of hydrogen-bond acceptors (Lipinski definition) is 4. The maximum atomic E-state index is 14.5. The number of hydrogen-bond donors (Lipinski definition) is 1. The number of benzene rings is 2. The SMILES string of the molecule is Cc1ccccc1N(F)C(=O)C(C)(O)CS(=O)(=O)CC=Cc1ccc(F)cc1. The number of aliphatic hydroxyl groups is 1. The Bertz CT molecular complexity index is 970. The minimum Gasteiger partial charge on any atom is -0.379 e. The molecule has 0 aliphatic carbocycles. The average Bonchev–Trinajstić information content (AvgIpc) is 2.61. The fourth-order valence-electron chi connectivity index (χ4n) is 2.56. The van der Waals surface area contributed by atoms with E-state index in [1.54, 1.807) is 19.1 Å². The molecule has 0 heterocycles. The van der Waals surface area contributed by atoms with Crippen molar-refractivity contribution in [2.24, 2.45) is 0 Å². The van der Waals surface area contributed by atoms with Crippen LogP contribution in [0.15, 0.2) is 54.6 Å². The van der Waals surface area contributed by atoms with Crippen molar-refractivity contribution in [2.45, 2.75) is 19.4 Å². The van der Waals surface area contributed by atoms with Crippen molar-refractivity contribution >= 4 is 27.5 Å². The number of halogens is 2. The summed E-state index contributed by atoms with van der Waals surface area (Å²) >= 11 is 0. The van der Waals surface area contributed by atoms with Crippen LogP contribution in [0.3, 0.4) is 0 Å². The Hall–Kier alpha value is -2.58. The van der Waals surface area contributed by atoms with Gasteiger partial charge in [0.05, 0.1) is 17.2 Å². The van der Waals surface area contributed by atoms with Crippen molar-refractivity contribution < 1.29 is 27.2 Å². The van der Waals surface area contributed by atoms with Crippen molar-refractivity contribution in [3.63, 3.8) is 0 Å². The number of amides is 1. The largest absolute Gasteiger partial charge is 0.379 e. The van der Waals surface area contributed by atoms with Gasteiger partial charge in [-0.15, -0.1) is 5.12 Å². The molecule has 28 heavy (non-hydrogen) atoms. The maximum absolute atomic E-state index is 14.5. The first-order valence-corrected chi connectivity index (χ1v) is 10.2. The predicted molar refractivity (Wildman–Crippen MR) is 104 cm³/mol. The van der Waals surface area contributed by atoms with E-state index < -0.39 is 38.7 Å². The molecule has 1 atom stereocenters. The second-order valence-electron chi connectivity index (χ2n) is 6.65. The van der Waals surface area contributed by atoms with Crippen molar-refractivity contribution in [1.29, 1.82) is 0 Å². The zero-order valence-electron chi connectivity index (χ0n) is 15.5. The molecule has 2 aromatic carbocycles. The van der Waals surface area contributed by atoms with Gasteiger partial charge < -0.3 is 5.11 Å². The molecule has 1 unspecified atom stereocenters. The maximum Gasteiger partial charge on any atom is 0.287 e. The Kier molecular flexibility index (Phi) is 6.69. The molecule has 0 aliphatic rings. The molecule has 0 aromatic heterocycles. The number of para-hydroxylation sites is 1. The molecule has 0 saturated heterocycles. The molecule has 0 fully saturated rings. The Morgan fingerprint density at radius 3 is 2.39 bits per heavy atom. The standard InChI is InChI=1S/C20H21F2NO4S/c1-15-6-3-4-8-18(15)23(22)19(24)20(2,25)14-28(26,27)13-5-7-16-9-11-17(21)12-10-16/h3-12,25H,13-14H2,1-2H3. The molecular weight excluding hydrogens is 388 g/mol. The lowest BCUT2D eigenvalue weighted by Gasteiger charge is -2.25. The summed E-state index contributed by atoms with van der Waals surface area (Å²) in [5.41, 5.74) is -1.46. The minimum absolute atomic E-state index is 0.0682. The molecule has 0 spiro atoms. The lowest BCUT2D eigenvalue weighted by molar-refractivity contribution is -0.136. The van der Waals surface area contributed by atoms with Gasteiger partial charge in [0.2, 0.25) is 0 Å². The number of carbonyl (C=O) groups is 1. The lowest BCUT2D eigenvalue weighted by Crippen LogP contribution is -2.49. The van der Waals surface area contributed by atoms with E-state index in [9.17, 15) is 27.2 Å². The van der Waals surface area contributed by atoms with Crippen molar-refractivity contribution in [1.82, 2.24) is 0 Å². The molecule has 2 rings (SSSR count). The Balaban J connectivity index is 2.07. The monoisotopic (exact) mass is 409 g/mol. The van der Waals surface area contributed by atoms with Gasteiger partial charge in [-0.05, 0) is 43.2 Å². The summed E-state index contributed by atoms with van der Waals surface area (Å²) in [4.78, 5) is 12.3. The average molecular weight is 409 g/mol. The van der Waals surface area contributed by atoms with E-state index in [0.29, 0.717) is 11.1 Å². The highest BCUT2D eigenvalue weighted by Crippen LogP contribution is 2.24. The second-order valence-corrected chi connectivity index (χ2v) is 8.76. The van der Waals surface area contributed by atoms with E-state index >= 15 is 0 Å². The van der Waals surface area contributed by atoms with Crippen LogP contribution in [0.1, 0.15) is 18.1 Å². The Labute approximate surface area is 162 Å². The van der Waals surface area contributed by atoms with Crippen LogP contribution in [0.2, 0.25) is 0 Å². The summed E-state index contributed by atoms with van der Waals surface area (Å²) in [7, 11) is -3.91. The molecule has 0 bridgehead atoms. The van der Waals surface area contributed by atoms with E-state index in [2.05, 4.69) is 0 Å². The molecule has 150 valence electrons. The zero-order chi connectivity index (χ0) is 20.9. The van der Waals surface area contributed by atoms with E-state index in [4.69, 9.17) is 0 Å². The summed E-state index contributed by atoms with van der Waals surface area (Å²) < 4.78 is 51.8. The second kappa shape index (κ2) is 8.62. The third-order valence-corrected chi connectivity index (χ3v) is 5.70. The Morgan fingerprint density at radius 1 is 1.18 bits per heavy atom. The summed E-state index contributed by atoms with van der Waals surface area (Å²) in [5, 5.41) is 10.1. The van der Waals surface area contributed by atoms with Crippen LogP contribution in [0.5, 0.6) is 0 Å². The van der Waals surface area contributed by atoms with E-state index in [0.717, 1.165) is 6.92 Å². The summed E-state index contributed by atoms with van der Waals surface area (Å²) in [6.07, 6.45) is 2.79. The topological polar surface area (TPSA) is 74.7 Å². The zero-order valence-corrected chi connectivity index (χ0v) is 16.3. The highest BCUT2D eigenvalue weighted by atomic mass is 32.2. The highest BCUT2D eigenvalue weighted by Gasteiger charge is 2.40. The fourth-order valence-corrected chi connectivity index (χ4v) is 4.05. The summed E-state index contributed by atoms with van der Waals surface area (Å²) in [5.74, 6) is -3.19. The molecule has 5 nitrogen and oxygen atoms in total. The van der Waals surface area contributed by atoms with Gasteiger partial charge in [0, 0.05) is 0 Å². The third kappa shape index (κ3) is 5.71. The van der Waals surface area contributed by atoms with Gasteiger partial charge in [-0.3, -0.25) is 4.79 Å². The molecule has 2 aromatic rings. The predicted octanol–water partition coefficient (Wildman–Crippen LogP) is 3.23. The van der Waals surface area contributed by atoms with Gasteiger partial charge in [0.1, 0.15) is 5.82 Å². The van der Waals surface area contributed by atoms with Gasteiger partial charge in [0.25, 0.3) is 5.91 Å². The molecule has 1 N–H and O–H groups in total. The van der Waals surface area contributed by atoms with Crippen molar-refractivity contribution in [3.8, 4) is 0 Å². The van der Waals surface area contributed by atoms with Crippen LogP contribution in [-0.2, 0) is 14.6 Å². The molecule has 1 amide bonds. The van der Waals surface area contributed by atoms with Crippen LogP contribution in [0.4, 0.5) is 14.6 Å². The number of nitrogens with zero attached hydrogens (tertiary/aromatic N) is 1. The number of carbonyl (C=O) groups excluding carboxylic acids is 1. The van der Waals surface area contributed by atoms with Crippen LogP contribution in [-0.4, -0.2) is 36.5 Å². The molecule has 0 aliphatic heterocycles. The molecule has 0 saturated carbocycles. The van der Waals surface area contributed by atoms with Gasteiger partial charge in [-0.25, -0.2) is 12.8 Å². The number of rotatable bonds is 7. The van der Waals surface area contributed by atoms with Crippen LogP contribution >= 0.6 is 0 Å². The molecular formula is C20H21F2NO4S. The smallest absolute Gasteiger partial charge is 0.287 e. The van der Waals surface area contributed by atoms with E-state index in [1.807, 2.05) is 0 Å². The van der Waals surface area contributed by atoms with Gasteiger partial charge in [-0.2, -0.15) is 0 Å². The molecule has 8 heteroatoms. The van der Waals surface area contributed by atoms with Crippen LogP contribution in [0, 0.1) is 12.7 Å². The van der Waals surface area contributed by atoms with Gasteiger partial charge in [0.15, 0.2) is 15.4 Å². The van der Waals surface area contributed by atoms with E-state index in [1.165, 1.54) is 48.6 Å². The first kappa shape index (κ1) is 21.7. The number of anilines is 1. The highest BCUT2D eigenvalue weighted by molar-refractivity contribution is 7.91. The summed E-state index contributed by atoms with van der Waals surface area (Å²) in [6, 6.07) is 11.5. The van der Waals surface area contributed by atoms with Gasteiger partial charge in [-0.1, -0.05) is 47.0 Å². The van der Waals surface area contributed by atoms with E-state index in [-0.39, 0.29) is 10.8 Å². The van der Waals surface area contributed by atoms with Crippen molar-refractivity contribution in [2.75, 3.05) is 16.6 Å². The first-order chi connectivity index (χ1) is 13.0. The first-order valence-electron chi connectivity index (χ1n) is 8.43. The fraction of sp³-hybridized carbons (Fsp3) is 0.250. The quantitative estimate of drug-likeness (QED) is 0.713. The normalized spacial score (nSPS) is 14.0. The summed E-state index contributed by atoms with van der Waals surface area (Å²) in [6.45, 7) is 2.54. The number of aryl methyl sites for hydroxylation is 1.